The summed E-state index contributed by atoms with van der Waals surface area (Å²) >= 11 is 0. The first-order valence-electron chi connectivity index (χ1n) is 5.27. The molecule has 5 nitrogen and oxygen atoms in total. The van der Waals surface area contributed by atoms with Gasteiger partial charge in [0.15, 0.2) is 0 Å². The number of nitrogens with one attached hydrogen (secondary N) is 3. The number of urea groups is 1. The fourth-order valence-electron chi connectivity index (χ4n) is 1.42. The van der Waals surface area contributed by atoms with E-state index in [1.54, 1.807) is 0 Å². The fourth-order valence-corrected chi connectivity index (χ4v) is 1.42. The van der Waals surface area contributed by atoms with E-state index in [2.05, 4.69) is 10.6 Å². The van der Waals surface area contributed by atoms with Crippen LogP contribution < -0.4 is 16.4 Å². The van der Waals surface area contributed by atoms with Crippen LogP contribution in [0.1, 0.15) is 18.4 Å². The summed E-state index contributed by atoms with van der Waals surface area (Å²) < 4.78 is 13.0. The molecule has 90 valence electrons. The maximum absolute atomic E-state index is 13.0. The first kappa shape index (κ1) is 11.4. The summed E-state index contributed by atoms with van der Waals surface area (Å²) in [5.41, 5.74) is 5.83. The lowest BCUT2D eigenvalue weighted by atomic mass is 10.1. The molecule has 0 unspecified atom stereocenters. The molecule has 0 spiro atoms. The third-order valence-electron chi connectivity index (χ3n) is 2.43. The van der Waals surface area contributed by atoms with Gasteiger partial charge in [0.1, 0.15) is 11.7 Å². The molecule has 5 N–H and O–H groups in total. The van der Waals surface area contributed by atoms with Gasteiger partial charge < -0.3 is 16.4 Å². The van der Waals surface area contributed by atoms with Crippen LogP contribution in [0.5, 0.6) is 0 Å². The highest BCUT2D eigenvalue weighted by Gasteiger charge is 2.23. The normalized spacial score (nSPS) is 14.2. The molecule has 0 heterocycles. The van der Waals surface area contributed by atoms with Crippen LogP contribution in [0.25, 0.3) is 0 Å². The zero-order valence-corrected chi connectivity index (χ0v) is 9.09. The van der Waals surface area contributed by atoms with E-state index >= 15 is 0 Å². The smallest absolute Gasteiger partial charge is 0.319 e. The third-order valence-corrected chi connectivity index (χ3v) is 2.43. The van der Waals surface area contributed by atoms with Gasteiger partial charge in [0.2, 0.25) is 0 Å². The zero-order valence-electron chi connectivity index (χ0n) is 9.09. The molecule has 2 amide bonds. The Balaban J connectivity index is 2.13. The Morgan fingerprint density at radius 1 is 1.47 bits per heavy atom. The average molecular weight is 236 g/mol. The summed E-state index contributed by atoms with van der Waals surface area (Å²) in [5, 5.41) is 12.6. The molecule has 1 saturated carbocycles. The molecule has 1 aromatic rings. The van der Waals surface area contributed by atoms with Gasteiger partial charge in [0, 0.05) is 11.6 Å². The summed E-state index contributed by atoms with van der Waals surface area (Å²) in [4.78, 5) is 11.5. The highest BCUT2D eigenvalue weighted by atomic mass is 19.1. The van der Waals surface area contributed by atoms with Crippen molar-refractivity contribution in [3.8, 4) is 0 Å². The maximum atomic E-state index is 13.0. The topological polar surface area (TPSA) is 91.0 Å². The summed E-state index contributed by atoms with van der Waals surface area (Å²) in [6, 6.07) is 3.59. The Morgan fingerprint density at radius 3 is 2.76 bits per heavy atom. The number of hydrogen-bond donors (Lipinski definition) is 4. The van der Waals surface area contributed by atoms with Crippen molar-refractivity contribution in [2.24, 2.45) is 5.73 Å². The lowest BCUT2D eigenvalue weighted by Crippen LogP contribution is -2.31. The second-order valence-electron chi connectivity index (χ2n) is 3.98. The van der Waals surface area contributed by atoms with Crippen molar-refractivity contribution in [1.29, 1.82) is 5.41 Å². The Hall–Kier alpha value is -2.11. The molecular weight excluding hydrogens is 223 g/mol. The van der Waals surface area contributed by atoms with E-state index in [0.717, 1.165) is 18.9 Å². The minimum absolute atomic E-state index is 0.177. The number of nitrogens with two attached hydrogens (primary N) is 1. The molecule has 2 rings (SSSR count). The number of amides is 2. The Bertz CT molecular complexity index is 471. The minimum atomic E-state index is -0.497. The molecule has 0 aromatic heterocycles. The van der Waals surface area contributed by atoms with E-state index < -0.39 is 5.82 Å². The number of hydrogen-bond acceptors (Lipinski definition) is 2. The van der Waals surface area contributed by atoms with Crippen molar-refractivity contribution >= 4 is 17.6 Å². The molecule has 1 aliphatic carbocycles. The van der Waals surface area contributed by atoms with Gasteiger partial charge in [0.25, 0.3) is 0 Å². The molecular formula is C11H13FN4O. The highest BCUT2D eigenvalue weighted by Crippen LogP contribution is 2.20. The first-order chi connectivity index (χ1) is 8.06. The van der Waals surface area contributed by atoms with E-state index in [4.69, 9.17) is 11.1 Å². The van der Waals surface area contributed by atoms with Gasteiger partial charge in [0.05, 0.1) is 5.69 Å². The molecule has 0 aliphatic heterocycles. The van der Waals surface area contributed by atoms with E-state index in [0.29, 0.717) is 5.69 Å². The van der Waals surface area contributed by atoms with Gasteiger partial charge in [-0.15, -0.1) is 0 Å². The van der Waals surface area contributed by atoms with Gasteiger partial charge in [-0.25, -0.2) is 9.18 Å². The van der Waals surface area contributed by atoms with Crippen LogP contribution >= 0.6 is 0 Å². The lowest BCUT2D eigenvalue weighted by Gasteiger charge is -2.10. The monoisotopic (exact) mass is 236 g/mol. The molecule has 0 atom stereocenters. The largest absolute Gasteiger partial charge is 0.384 e. The van der Waals surface area contributed by atoms with Crippen molar-refractivity contribution in [2.45, 2.75) is 18.9 Å². The van der Waals surface area contributed by atoms with Gasteiger partial charge in [-0.1, -0.05) is 0 Å². The Kier molecular flexibility index (Phi) is 2.95. The third kappa shape index (κ3) is 2.93. The summed E-state index contributed by atoms with van der Waals surface area (Å²) in [5.74, 6) is -0.783. The molecule has 1 fully saturated rings. The van der Waals surface area contributed by atoms with Gasteiger partial charge in [-0.05, 0) is 31.0 Å². The second kappa shape index (κ2) is 4.40. The van der Waals surface area contributed by atoms with Crippen molar-refractivity contribution in [1.82, 2.24) is 5.32 Å². The van der Waals surface area contributed by atoms with Crippen LogP contribution in [-0.2, 0) is 0 Å². The molecule has 0 saturated heterocycles. The summed E-state index contributed by atoms with van der Waals surface area (Å²) in [6.45, 7) is 0. The minimum Gasteiger partial charge on any atom is -0.384 e. The number of rotatable bonds is 3. The van der Waals surface area contributed by atoms with Gasteiger partial charge in [-0.3, -0.25) is 5.41 Å². The van der Waals surface area contributed by atoms with E-state index in [1.165, 1.54) is 12.1 Å². The quantitative estimate of drug-likeness (QED) is 0.472. The van der Waals surface area contributed by atoms with Crippen molar-refractivity contribution < 1.29 is 9.18 Å². The number of anilines is 1. The first-order valence-corrected chi connectivity index (χ1v) is 5.27. The lowest BCUT2D eigenvalue weighted by molar-refractivity contribution is 0.251. The van der Waals surface area contributed by atoms with Crippen LogP contribution in [-0.4, -0.2) is 17.9 Å². The SMILES string of the molecule is N=C(N)c1cc(F)ccc1NC(=O)NC1CC1. The van der Waals surface area contributed by atoms with Crippen molar-refractivity contribution in [3.05, 3.63) is 29.6 Å². The van der Waals surface area contributed by atoms with Crippen molar-refractivity contribution in [3.63, 3.8) is 0 Å². The van der Waals surface area contributed by atoms with Gasteiger partial charge >= 0.3 is 6.03 Å². The van der Waals surface area contributed by atoms with E-state index in [9.17, 15) is 9.18 Å². The number of amidine groups is 1. The molecule has 0 radical (unpaired) electrons. The Labute approximate surface area is 97.7 Å². The van der Waals surface area contributed by atoms with Crippen LogP contribution in [0, 0.1) is 11.2 Å². The van der Waals surface area contributed by atoms with Crippen molar-refractivity contribution in [2.75, 3.05) is 5.32 Å². The van der Waals surface area contributed by atoms with E-state index in [1.807, 2.05) is 0 Å². The standard InChI is InChI=1S/C11H13FN4O/c12-6-1-4-9(8(5-6)10(13)14)16-11(17)15-7-2-3-7/h1,4-5,7H,2-3H2,(H3,13,14)(H2,15,16,17). The predicted octanol–water partition coefficient (Wildman–Crippen LogP) is 1.39. The average Bonchev–Trinajstić information content (AvgIpc) is 3.04. The molecule has 0 bridgehead atoms. The number of carbonyl (C=O) groups is 1. The number of nitrogen functional groups attached to an aromatic ring is 1. The number of carbonyl (C=O) groups excluding carboxylic acids is 1. The number of halogens is 1. The number of benzene rings is 1. The molecule has 1 aliphatic rings. The van der Waals surface area contributed by atoms with E-state index in [-0.39, 0.29) is 23.5 Å². The predicted molar refractivity (Wildman–Crippen MR) is 62.6 cm³/mol. The fraction of sp³-hybridized carbons (Fsp3) is 0.273. The second-order valence-corrected chi connectivity index (χ2v) is 3.98. The Morgan fingerprint density at radius 2 is 2.18 bits per heavy atom. The van der Waals surface area contributed by atoms with Crippen LogP contribution in [0.4, 0.5) is 14.9 Å². The summed E-state index contributed by atoms with van der Waals surface area (Å²) in [6.07, 6.45) is 1.97. The molecule has 6 heteroatoms. The van der Waals surface area contributed by atoms with Crippen LogP contribution in [0.2, 0.25) is 0 Å². The molecule has 17 heavy (non-hydrogen) atoms. The van der Waals surface area contributed by atoms with Crippen LogP contribution in [0.3, 0.4) is 0 Å². The van der Waals surface area contributed by atoms with Crippen LogP contribution in [0.15, 0.2) is 18.2 Å². The maximum Gasteiger partial charge on any atom is 0.319 e. The summed E-state index contributed by atoms with van der Waals surface area (Å²) in [7, 11) is 0. The van der Waals surface area contributed by atoms with Gasteiger partial charge in [-0.2, -0.15) is 0 Å². The zero-order chi connectivity index (χ0) is 12.4. The molecule has 1 aromatic carbocycles. The highest BCUT2D eigenvalue weighted by molar-refractivity contribution is 6.03.